The maximum atomic E-state index is 11.9. The molecule has 0 unspecified atom stereocenters. The molecule has 24 heavy (non-hydrogen) atoms. The second-order valence-electron chi connectivity index (χ2n) is 5.76. The summed E-state index contributed by atoms with van der Waals surface area (Å²) in [6, 6.07) is 10.8. The second kappa shape index (κ2) is 9.06. The number of hydrogen-bond donors (Lipinski definition) is 0. The highest BCUT2D eigenvalue weighted by Crippen LogP contribution is 2.33. The van der Waals surface area contributed by atoms with E-state index in [9.17, 15) is 9.59 Å². The van der Waals surface area contributed by atoms with Crippen LogP contribution in [0.25, 0.3) is 10.8 Å². The van der Waals surface area contributed by atoms with Crippen molar-refractivity contribution >= 4 is 22.7 Å². The Kier molecular flexibility index (Phi) is 6.79. The zero-order chi connectivity index (χ0) is 17.4. The topological polar surface area (TPSA) is 52.6 Å². The molecule has 0 aliphatic carbocycles. The summed E-state index contributed by atoms with van der Waals surface area (Å²) in [6.45, 7) is 4.06. The normalized spacial score (nSPS) is 10.6. The maximum Gasteiger partial charge on any atom is 0.311 e. The van der Waals surface area contributed by atoms with Crippen molar-refractivity contribution in [1.29, 1.82) is 0 Å². The fourth-order valence-electron chi connectivity index (χ4n) is 2.41. The number of ether oxygens (including phenoxy) is 2. The molecule has 0 amide bonds. The Bertz CT molecular complexity index is 645. The van der Waals surface area contributed by atoms with Gasteiger partial charge in [-0.3, -0.25) is 9.59 Å². The van der Waals surface area contributed by atoms with Crippen molar-refractivity contribution in [2.45, 2.75) is 52.4 Å². The quantitative estimate of drug-likeness (QED) is 0.504. The fraction of sp³-hybridized carbons (Fsp3) is 0.400. The van der Waals surface area contributed by atoms with Crippen LogP contribution in [0.15, 0.2) is 36.4 Å². The molecule has 0 aliphatic heterocycles. The lowest BCUT2D eigenvalue weighted by Crippen LogP contribution is -2.09. The molecule has 0 heterocycles. The van der Waals surface area contributed by atoms with Crippen molar-refractivity contribution in [3.8, 4) is 11.5 Å². The van der Waals surface area contributed by atoms with Gasteiger partial charge in [-0.1, -0.05) is 51.0 Å². The van der Waals surface area contributed by atoms with Gasteiger partial charge in [0, 0.05) is 23.6 Å². The summed E-state index contributed by atoms with van der Waals surface area (Å²) in [4.78, 5) is 23.8. The smallest absolute Gasteiger partial charge is 0.311 e. The van der Waals surface area contributed by atoms with Gasteiger partial charge in [-0.2, -0.15) is 0 Å². The molecule has 0 atom stereocenters. The summed E-state index contributed by atoms with van der Waals surface area (Å²) in [6.07, 6.45) is 4.32. The first kappa shape index (κ1) is 18.0. The van der Waals surface area contributed by atoms with E-state index in [1.807, 2.05) is 38.1 Å². The lowest BCUT2D eigenvalue weighted by molar-refractivity contribution is -0.135. The Morgan fingerprint density at radius 1 is 0.750 bits per heavy atom. The monoisotopic (exact) mass is 328 g/mol. The van der Waals surface area contributed by atoms with E-state index in [4.69, 9.17) is 9.47 Å². The number of carbonyl (C=O) groups excluding carboxylic acids is 2. The average molecular weight is 328 g/mol. The van der Waals surface area contributed by atoms with Gasteiger partial charge in [-0.05, 0) is 25.0 Å². The van der Waals surface area contributed by atoms with Crippen molar-refractivity contribution < 1.29 is 19.1 Å². The number of unbranched alkanes of at least 4 members (excludes halogenated alkanes) is 2. The number of fused-ring (bicyclic) bond motifs is 1. The lowest BCUT2D eigenvalue weighted by atomic mass is 10.1. The molecular formula is C20H24O4. The fourth-order valence-corrected chi connectivity index (χ4v) is 2.41. The van der Waals surface area contributed by atoms with Gasteiger partial charge >= 0.3 is 11.9 Å². The molecule has 2 aromatic rings. The van der Waals surface area contributed by atoms with Gasteiger partial charge in [-0.15, -0.1) is 0 Å². The largest absolute Gasteiger partial charge is 0.426 e. The minimum atomic E-state index is -0.241. The van der Waals surface area contributed by atoms with Crippen LogP contribution in [0.4, 0.5) is 0 Å². The van der Waals surface area contributed by atoms with Gasteiger partial charge in [0.2, 0.25) is 0 Å². The number of esters is 2. The first-order valence-electron chi connectivity index (χ1n) is 8.58. The predicted molar refractivity (Wildman–Crippen MR) is 94.3 cm³/mol. The molecule has 2 rings (SSSR count). The number of carbonyl (C=O) groups is 2. The predicted octanol–water partition coefficient (Wildman–Crippen LogP) is 5.03. The summed E-state index contributed by atoms with van der Waals surface area (Å²) in [7, 11) is 0. The number of hydrogen-bond acceptors (Lipinski definition) is 4. The van der Waals surface area contributed by atoms with Gasteiger partial charge in [0.25, 0.3) is 0 Å². The molecule has 0 fully saturated rings. The standard InChI is InChI=1S/C20H24O4/c1-3-5-11-19(21)23-17-13-14-18(24-20(22)12-6-4-2)16-10-8-7-9-15(16)17/h7-10,13-14H,3-6,11-12H2,1-2H3. The van der Waals surface area contributed by atoms with E-state index >= 15 is 0 Å². The summed E-state index contributed by atoms with van der Waals surface area (Å²) < 4.78 is 11.0. The highest BCUT2D eigenvalue weighted by molar-refractivity contribution is 5.96. The van der Waals surface area contributed by atoms with Crippen LogP contribution in [0.2, 0.25) is 0 Å². The van der Waals surface area contributed by atoms with E-state index < -0.39 is 0 Å². The van der Waals surface area contributed by atoms with E-state index in [1.54, 1.807) is 12.1 Å². The maximum absolute atomic E-state index is 11.9. The van der Waals surface area contributed by atoms with Crippen molar-refractivity contribution in [3.63, 3.8) is 0 Å². The molecule has 0 aromatic heterocycles. The molecule has 4 heteroatoms. The summed E-state index contributed by atoms with van der Waals surface area (Å²) >= 11 is 0. The summed E-state index contributed by atoms with van der Waals surface area (Å²) in [5, 5.41) is 1.53. The third-order valence-corrected chi connectivity index (χ3v) is 3.76. The zero-order valence-corrected chi connectivity index (χ0v) is 14.3. The minimum Gasteiger partial charge on any atom is -0.426 e. The Balaban J connectivity index is 2.22. The molecule has 0 saturated heterocycles. The first-order valence-corrected chi connectivity index (χ1v) is 8.58. The molecule has 0 N–H and O–H groups in total. The van der Waals surface area contributed by atoms with Crippen LogP contribution < -0.4 is 9.47 Å². The number of benzene rings is 2. The van der Waals surface area contributed by atoms with Crippen LogP contribution in [0, 0.1) is 0 Å². The third-order valence-electron chi connectivity index (χ3n) is 3.76. The van der Waals surface area contributed by atoms with Gasteiger partial charge in [0.15, 0.2) is 0 Å². The molecule has 0 spiro atoms. The molecule has 0 radical (unpaired) electrons. The van der Waals surface area contributed by atoms with Crippen molar-refractivity contribution in [3.05, 3.63) is 36.4 Å². The van der Waals surface area contributed by atoms with Gasteiger partial charge in [-0.25, -0.2) is 0 Å². The molecule has 0 bridgehead atoms. The Labute approximate surface area is 142 Å². The Morgan fingerprint density at radius 3 is 1.54 bits per heavy atom. The van der Waals surface area contributed by atoms with Gasteiger partial charge < -0.3 is 9.47 Å². The molecule has 2 aromatic carbocycles. The molecule has 0 aliphatic rings. The first-order chi connectivity index (χ1) is 11.7. The average Bonchev–Trinajstić information content (AvgIpc) is 2.60. The molecular weight excluding hydrogens is 304 g/mol. The Hall–Kier alpha value is -2.36. The van der Waals surface area contributed by atoms with E-state index in [2.05, 4.69) is 0 Å². The van der Waals surface area contributed by atoms with Crippen LogP contribution in [-0.2, 0) is 9.59 Å². The lowest BCUT2D eigenvalue weighted by Gasteiger charge is -2.11. The summed E-state index contributed by atoms with van der Waals surface area (Å²) in [5.74, 6) is 0.518. The Morgan fingerprint density at radius 2 is 1.17 bits per heavy atom. The van der Waals surface area contributed by atoms with E-state index in [0.29, 0.717) is 24.3 Å². The minimum absolute atomic E-state index is 0.241. The van der Waals surface area contributed by atoms with Crippen LogP contribution in [-0.4, -0.2) is 11.9 Å². The van der Waals surface area contributed by atoms with Crippen molar-refractivity contribution in [2.24, 2.45) is 0 Å². The van der Waals surface area contributed by atoms with Gasteiger partial charge in [0.1, 0.15) is 11.5 Å². The van der Waals surface area contributed by atoms with E-state index in [0.717, 1.165) is 36.5 Å². The van der Waals surface area contributed by atoms with Crippen LogP contribution >= 0.6 is 0 Å². The highest BCUT2D eigenvalue weighted by atomic mass is 16.5. The zero-order valence-electron chi connectivity index (χ0n) is 14.3. The SMILES string of the molecule is CCCCC(=O)Oc1ccc(OC(=O)CCCC)c2ccccc12. The number of rotatable bonds is 8. The molecule has 128 valence electrons. The van der Waals surface area contributed by atoms with Crippen LogP contribution in [0.1, 0.15) is 52.4 Å². The van der Waals surface area contributed by atoms with E-state index in [1.165, 1.54) is 0 Å². The molecule has 0 saturated carbocycles. The van der Waals surface area contributed by atoms with Gasteiger partial charge in [0.05, 0.1) is 0 Å². The van der Waals surface area contributed by atoms with Crippen molar-refractivity contribution in [2.75, 3.05) is 0 Å². The van der Waals surface area contributed by atoms with Crippen molar-refractivity contribution in [1.82, 2.24) is 0 Å². The third kappa shape index (κ3) is 4.82. The second-order valence-corrected chi connectivity index (χ2v) is 5.76. The molecule has 4 nitrogen and oxygen atoms in total. The highest BCUT2D eigenvalue weighted by Gasteiger charge is 2.13. The van der Waals surface area contributed by atoms with Crippen LogP contribution in [0.5, 0.6) is 11.5 Å². The van der Waals surface area contributed by atoms with E-state index in [-0.39, 0.29) is 11.9 Å². The van der Waals surface area contributed by atoms with Crippen LogP contribution in [0.3, 0.4) is 0 Å². The summed E-state index contributed by atoms with van der Waals surface area (Å²) in [5.41, 5.74) is 0.